The summed E-state index contributed by atoms with van der Waals surface area (Å²) in [6.07, 6.45) is 5.63. The molecule has 3 aliphatic rings. The number of hydrogen-bond acceptors (Lipinski definition) is 2. The van der Waals surface area contributed by atoms with Crippen LogP contribution in [0.1, 0.15) is 20.3 Å². The van der Waals surface area contributed by atoms with Gasteiger partial charge in [-0.2, -0.15) is 0 Å². The van der Waals surface area contributed by atoms with Crippen LogP contribution in [0.3, 0.4) is 0 Å². The Kier molecular flexibility index (Phi) is 1.07. The highest BCUT2D eigenvalue weighted by Gasteiger charge is 2.69. The molecule has 1 saturated carbocycles. The summed E-state index contributed by atoms with van der Waals surface area (Å²) >= 11 is 0. The van der Waals surface area contributed by atoms with Crippen molar-refractivity contribution in [2.75, 3.05) is 6.61 Å². The van der Waals surface area contributed by atoms with Gasteiger partial charge in [0.1, 0.15) is 0 Å². The van der Waals surface area contributed by atoms with Crippen molar-refractivity contribution in [2.45, 2.75) is 20.3 Å². The Morgan fingerprint density at radius 3 is 2.77 bits per heavy atom. The summed E-state index contributed by atoms with van der Waals surface area (Å²) in [6.45, 7) is 4.90. The van der Waals surface area contributed by atoms with E-state index in [4.69, 9.17) is 4.74 Å². The van der Waals surface area contributed by atoms with Gasteiger partial charge in [-0.25, -0.2) is 0 Å². The minimum absolute atomic E-state index is 0.0202. The van der Waals surface area contributed by atoms with Crippen molar-refractivity contribution in [1.82, 2.24) is 0 Å². The second-order valence-electron chi connectivity index (χ2n) is 5.03. The van der Waals surface area contributed by atoms with E-state index in [9.17, 15) is 4.79 Å². The lowest BCUT2D eigenvalue weighted by atomic mass is 9.62. The maximum atomic E-state index is 11.7. The molecule has 2 aliphatic carbocycles. The van der Waals surface area contributed by atoms with Crippen LogP contribution in [0.2, 0.25) is 0 Å². The van der Waals surface area contributed by atoms with E-state index in [2.05, 4.69) is 26.0 Å². The molecule has 0 aromatic heterocycles. The minimum Gasteiger partial charge on any atom is -0.465 e. The predicted molar refractivity (Wildman–Crippen MR) is 47.9 cm³/mol. The molecule has 0 aromatic rings. The largest absolute Gasteiger partial charge is 0.465 e. The number of fused-ring (bicyclic) bond motifs is 5. The first kappa shape index (κ1) is 7.60. The number of carbonyl (C=O) groups excluding carboxylic acids is 1. The molecule has 2 nitrogen and oxygen atoms in total. The molecular formula is C11H14O2. The van der Waals surface area contributed by atoms with Crippen LogP contribution < -0.4 is 0 Å². The summed E-state index contributed by atoms with van der Waals surface area (Å²) in [5.41, 5.74) is -0.157. The fraction of sp³-hybridized carbons (Fsp3) is 0.727. The van der Waals surface area contributed by atoms with Crippen LogP contribution >= 0.6 is 0 Å². The highest BCUT2D eigenvalue weighted by molar-refractivity contribution is 5.82. The van der Waals surface area contributed by atoms with Crippen molar-refractivity contribution in [3.63, 3.8) is 0 Å². The highest BCUT2D eigenvalue weighted by Crippen LogP contribution is 2.66. The van der Waals surface area contributed by atoms with E-state index in [-0.39, 0.29) is 16.8 Å². The molecule has 3 rings (SSSR count). The van der Waals surface area contributed by atoms with Gasteiger partial charge in [0, 0.05) is 5.41 Å². The van der Waals surface area contributed by atoms with Crippen LogP contribution in [0.5, 0.6) is 0 Å². The van der Waals surface area contributed by atoms with Gasteiger partial charge in [0.05, 0.1) is 12.0 Å². The van der Waals surface area contributed by atoms with Gasteiger partial charge in [-0.05, 0) is 25.2 Å². The van der Waals surface area contributed by atoms with Gasteiger partial charge in [0.15, 0.2) is 0 Å². The maximum absolute atomic E-state index is 11.7. The molecule has 2 bridgehead atoms. The maximum Gasteiger partial charge on any atom is 0.313 e. The lowest BCUT2D eigenvalue weighted by molar-refractivity contribution is -0.147. The van der Waals surface area contributed by atoms with E-state index < -0.39 is 0 Å². The highest BCUT2D eigenvalue weighted by atomic mass is 16.5. The second-order valence-corrected chi connectivity index (χ2v) is 5.03. The molecule has 2 heteroatoms. The molecule has 1 heterocycles. The summed E-state index contributed by atoms with van der Waals surface area (Å²) in [6, 6.07) is 0. The molecule has 0 amide bonds. The van der Waals surface area contributed by atoms with E-state index >= 15 is 0 Å². The van der Waals surface area contributed by atoms with Gasteiger partial charge in [-0.15, -0.1) is 0 Å². The number of esters is 1. The quantitative estimate of drug-likeness (QED) is 0.417. The first-order chi connectivity index (χ1) is 6.09. The molecule has 1 saturated heterocycles. The van der Waals surface area contributed by atoms with Crippen LogP contribution in [-0.2, 0) is 9.53 Å². The van der Waals surface area contributed by atoms with Crippen molar-refractivity contribution in [3.8, 4) is 0 Å². The second kappa shape index (κ2) is 1.84. The van der Waals surface area contributed by atoms with E-state index in [1.54, 1.807) is 0 Å². The van der Waals surface area contributed by atoms with Gasteiger partial charge in [-0.3, -0.25) is 4.79 Å². The third-order valence-electron chi connectivity index (χ3n) is 4.76. The third-order valence-corrected chi connectivity index (χ3v) is 4.76. The summed E-state index contributed by atoms with van der Waals surface area (Å²) in [5, 5.41) is 0. The molecule has 0 radical (unpaired) electrons. The molecule has 0 N–H and O–H groups in total. The van der Waals surface area contributed by atoms with E-state index in [1.807, 2.05) is 0 Å². The molecule has 4 atom stereocenters. The molecule has 70 valence electrons. The standard InChI is InChI=1S/C11H14O2/c1-10-6-13-9(12)11(10,2)8-4-3-7(10)5-8/h3-4,7-8H,5-6H2,1-2H3. The first-order valence-corrected chi connectivity index (χ1v) is 4.94. The van der Waals surface area contributed by atoms with Gasteiger partial charge in [-0.1, -0.05) is 19.1 Å². The van der Waals surface area contributed by atoms with Gasteiger partial charge in [0.25, 0.3) is 0 Å². The Morgan fingerprint density at radius 1 is 1.38 bits per heavy atom. The van der Waals surface area contributed by atoms with Gasteiger partial charge < -0.3 is 4.74 Å². The molecule has 0 aromatic carbocycles. The van der Waals surface area contributed by atoms with Crippen LogP contribution in [0.15, 0.2) is 12.2 Å². The fourth-order valence-corrected chi connectivity index (χ4v) is 3.42. The van der Waals surface area contributed by atoms with Crippen molar-refractivity contribution in [2.24, 2.45) is 22.7 Å². The Bertz CT molecular complexity index is 320. The zero-order valence-electron chi connectivity index (χ0n) is 8.04. The summed E-state index contributed by atoms with van der Waals surface area (Å²) in [5.74, 6) is 1.01. The molecule has 1 aliphatic heterocycles. The number of cyclic esters (lactones) is 1. The molecular weight excluding hydrogens is 164 g/mol. The van der Waals surface area contributed by atoms with Gasteiger partial charge >= 0.3 is 5.97 Å². The molecule has 13 heavy (non-hydrogen) atoms. The van der Waals surface area contributed by atoms with Crippen molar-refractivity contribution < 1.29 is 9.53 Å². The lowest BCUT2D eigenvalue weighted by Gasteiger charge is -2.37. The Morgan fingerprint density at radius 2 is 2.08 bits per heavy atom. The van der Waals surface area contributed by atoms with E-state index in [0.717, 1.165) is 6.42 Å². The summed E-state index contributed by atoms with van der Waals surface area (Å²) in [7, 11) is 0. The van der Waals surface area contributed by atoms with Crippen molar-refractivity contribution >= 4 is 5.97 Å². The Balaban J connectivity index is 2.20. The van der Waals surface area contributed by atoms with Crippen LogP contribution in [0, 0.1) is 22.7 Å². The van der Waals surface area contributed by atoms with Crippen LogP contribution in [0.25, 0.3) is 0 Å². The van der Waals surface area contributed by atoms with Crippen molar-refractivity contribution in [1.29, 1.82) is 0 Å². The van der Waals surface area contributed by atoms with Crippen LogP contribution in [-0.4, -0.2) is 12.6 Å². The zero-order valence-corrected chi connectivity index (χ0v) is 8.04. The number of allylic oxidation sites excluding steroid dienone is 2. The Hall–Kier alpha value is -0.790. The van der Waals surface area contributed by atoms with Gasteiger partial charge in [0.2, 0.25) is 0 Å². The lowest BCUT2D eigenvalue weighted by Crippen LogP contribution is -2.41. The molecule has 4 unspecified atom stereocenters. The monoisotopic (exact) mass is 178 g/mol. The first-order valence-electron chi connectivity index (χ1n) is 4.94. The van der Waals surface area contributed by atoms with E-state index in [1.165, 1.54) is 0 Å². The number of rotatable bonds is 0. The summed E-state index contributed by atoms with van der Waals surface area (Å²) < 4.78 is 5.23. The minimum atomic E-state index is -0.230. The zero-order chi connectivity index (χ0) is 9.27. The number of ether oxygens (including phenoxy) is 1. The summed E-state index contributed by atoms with van der Waals surface area (Å²) in [4.78, 5) is 11.7. The average Bonchev–Trinajstić information content (AvgIpc) is 2.70. The van der Waals surface area contributed by atoms with Crippen LogP contribution in [0.4, 0.5) is 0 Å². The van der Waals surface area contributed by atoms with Crippen molar-refractivity contribution in [3.05, 3.63) is 12.2 Å². The Labute approximate surface area is 78.0 Å². The average molecular weight is 178 g/mol. The SMILES string of the molecule is CC12COC(=O)C1(C)C1C=CC2C1. The predicted octanol–water partition coefficient (Wildman–Crippen LogP) is 1.76. The smallest absolute Gasteiger partial charge is 0.313 e. The number of hydrogen-bond donors (Lipinski definition) is 0. The molecule has 2 fully saturated rings. The number of carbonyl (C=O) groups is 1. The topological polar surface area (TPSA) is 26.3 Å². The third kappa shape index (κ3) is 0.560. The fourth-order valence-electron chi connectivity index (χ4n) is 3.42. The molecule has 0 spiro atoms. The van der Waals surface area contributed by atoms with E-state index in [0.29, 0.717) is 18.4 Å². The normalized spacial score (nSPS) is 56.9.